The summed E-state index contributed by atoms with van der Waals surface area (Å²) >= 11 is 0. The minimum atomic E-state index is -1.82. The van der Waals surface area contributed by atoms with Crippen molar-refractivity contribution < 1.29 is 30.0 Å². The highest BCUT2D eigenvalue weighted by Crippen LogP contribution is 2.16. The lowest BCUT2D eigenvalue weighted by Gasteiger charge is -2.28. The Morgan fingerprint density at radius 3 is 2.27 bits per heavy atom. The van der Waals surface area contributed by atoms with Gasteiger partial charge in [0.05, 0.1) is 6.61 Å². The first-order valence-electron chi connectivity index (χ1n) is 6.60. The molecule has 1 amide bonds. The number of Topliss-reactive ketones (excluding diaryl/α,β-unsaturated/α-hetero) is 1. The molecule has 0 aromatic heterocycles. The van der Waals surface area contributed by atoms with Gasteiger partial charge in [-0.3, -0.25) is 9.59 Å². The molecule has 0 spiro atoms. The third-order valence-corrected chi connectivity index (χ3v) is 3.14. The molecule has 1 aromatic carbocycles. The summed E-state index contributed by atoms with van der Waals surface area (Å²) in [6.07, 6.45) is -5.30. The van der Waals surface area contributed by atoms with Crippen molar-refractivity contribution in [2.75, 3.05) is 12.3 Å². The van der Waals surface area contributed by atoms with Crippen LogP contribution in [0.4, 0.5) is 5.69 Å². The summed E-state index contributed by atoms with van der Waals surface area (Å²) in [6.45, 7) is 0.322. The number of hydrogen-bond acceptors (Lipinski definition) is 7. The van der Waals surface area contributed by atoms with Gasteiger partial charge >= 0.3 is 0 Å². The SMILES string of the molecule is CC(=O)N[C@@H](C(=O)c1ccccc1N)[C@@H](O)[C@H](O)[C@H](O)CO. The van der Waals surface area contributed by atoms with Gasteiger partial charge in [0.1, 0.15) is 24.4 Å². The number of benzene rings is 1. The molecule has 0 aliphatic heterocycles. The number of amides is 1. The van der Waals surface area contributed by atoms with Crippen molar-refractivity contribution in [2.24, 2.45) is 0 Å². The largest absolute Gasteiger partial charge is 0.398 e. The van der Waals surface area contributed by atoms with Crippen LogP contribution in [0.25, 0.3) is 0 Å². The number of carbonyl (C=O) groups excluding carboxylic acids is 2. The Kier molecular flexibility index (Phi) is 6.44. The van der Waals surface area contributed by atoms with Gasteiger partial charge < -0.3 is 31.5 Å². The van der Waals surface area contributed by atoms with E-state index in [1.165, 1.54) is 12.1 Å². The third kappa shape index (κ3) is 4.25. The normalized spacial score (nSPS) is 16.4. The molecule has 0 saturated carbocycles. The van der Waals surface area contributed by atoms with Crippen LogP contribution in [0.15, 0.2) is 24.3 Å². The Morgan fingerprint density at radius 2 is 1.77 bits per heavy atom. The molecular weight excluding hydrogens is 292 g/mol. The van der Waals surface area contributed by atoms with E-state index in [9.17, 15) is 24.9 Å². The fraction of sp³-hybridized carbons (Fsp3) is 0.429. The van der Waals surface area contributed by atoms with E-state index in [1.54, 1.807) is 12.1 Å². The third-order valence-electron chi connectivity index (χ3n) is 3.14. The first-order chi connectivity index (χ1) is 10.3. The van der Waals surface area contributed by atoms with Gasteiger partial charge in [0.2, 0.25) is 5.91 Å². The maximum Gasteiger partial charge on any atom is 0.217 e. The lowest BCUT2D eigenvalue weighted by molar-refractivity contribution is -0.122. The van der Waals surface area contributed by atoms with Crippen molar-refractivity contribution in [1.82, 2.24) is 5.32 Å². The van der Waals surface area contributed by atoms with Crippen LogP contribution in [0.2, 0.25) is 0 Å². The first kappa shape index (κ1) is 18.1. The maximum absolute atomic E-state index is 12.4. The second-order valence-corrected chi connectivity index (χ2v) is 4.86. The fourth-order valence-corrected chi connectivity index (χ4v) is 1.95. The summed E-state index contributed by atoms with van der Waals surface area (Å²) < 4.78 is 0. The summed E-state index contributed by atoms with van der Waals surface area (Å²) in [6, 6.07) is 4.54. The zero-order valence-corrected chi connectivity index (χ0v) is 12.0. The van der Waals surface area contributed by atoms with Crippen molar-refractivity contribution in [1.29, 1.82) is 0 Å². The molecule has 0 radical (unpaired) electrons. The summed E-state index contributed by atoms with van der Waals surface area (Å²) in [4.78, 5) is 23.7. The summed E-state index contributed by atoms with van der Waals surface area (Å²) in [5.74, 6) is -1.33. The number of rotatable bonds is 7. The molecule has 0 heterocycles. The smallest absolute Gasteiger partial charge is 0.217 e. The number of nitrogen functional groups attached to an aromatic ring is 1. The molecule has 0 aliphatic rings. The predicted molar refractivity (Wildman–Crippen MR) is 77.9 cm³/mol. The zero-order valence-electron chi connectivity index (χ0n) is 12.0. The van der Waals surface area contributed by atoms with E-state index < -0.39 is 42.7 Å². The number of carbonyl (C=O) groups is 2. The predicted octanol–water partition coefficient (Wildman–Crippen LogP) is -1.97. The van der Waals surface area contributed by atoms with Gasteiger partial charge in [-0.15, -0.1) is 0 Å². The van der Waals surface area contributed by atoms with Crippen LogP contribution in [0.5, 0.6) is 0 Å². The van der Waals surface area contributed by atoms with Gasteiger partial charge in [0, 0.05) is 18.2 Å². The highest BCUT2D eigenvalue weighted by Gasteiger charge is 2.36. The molecule has 0 bridgehead atoms. The molecule has 0 aliphatic carbocycles. The number of hydrogen-bond donors (Lipinski definition) is 6. The Morgan fingerprint density at radius 1 is 1.18 bits per heavy atom. The molecule has 4 atom stereocenters. The number of ketones is 1. The molecular formula is C14H20N2O6. The zero-order chi connectivity index (χ0) is 16.9. The first-order valence-corrected chi connectivity index (χ1v) is 6.60. The van der Waals surface area contributed by atoms with Crippen molar-refractivity contribution in [2.45, 2.75) is 31.3 Å². The number of para-hydroxylation sites is 1. The summed E-state index contributed by atoms with van der Waals surface area (Å²) in [7, 11) is 0. The molecule has 1 aromatic rings. The minimum absolute atomic E-state index is 0.0611. The average Bonchev–Trinajstić information content (AvgIpc) is 2.50. The molecule has 0 fully saturated rings. The molecule has 8 heteroatoms. The van der Waals surface area contributed by atoms with Crippen molar-refractivity contribution in [3.63, 3.8) is 0 Å². The van der Waals surface area contributed by atoms with Gasteiger partial charge in [-0.1, -0.05) is 12.1 Å². The van der Waals surface area contributed by atoms with E-state index in [0.29, 0.717) is 0 Å². The van der Waals surface area contributed by atoms with Crippen LogP contribution in [0.1, 0.15) is 17.3 Å². The number of nitrogens with two attached hydrogens (primary N) is 1. The number of aliphatic hydroxyl groups is 4. The lowest BCUT2D eigenvalue weighted by atomic mass is 9.93. The Balaban J connectivity index is 3.10. The molecule has 122 valence electrons. The minimum Gasteiger partial charge on any atom is -0.398 e. The van der Waals surface area contributed by atoms with Crippen molar-refractivity contribution in [3.05, 3.63) is 29.8 Å². The van der Waals surface area contributed by atoms with Crippen LogP contribution >= 0.6 is 0 Å². The second kappa shape index (κ2) is 7.85. The van der Waals surface area contributed by atoms with Crippen LogP contribution in [-0.2, 0) is 4.79 Å². The van der Waals surface area contributed by atoms with E-state index in [2.05, 4.69) is 5.32 Å². The second-order valence-electron chi connectivity index (χ2n) is 4.86. The van der Waals surface area contributed by atoms with E-state index in [0.717, 1.165) is 6.92 Å². The fourth-order valence-electron chi connectivity index (χ4n) is 1.95. The standard InChI is InChI=1S/C14H20N2O6/c1-7(18)16-11(14(22)13(21)10(19)6-17)12(20)8-4-2-3-5-9(8)15/h2-5,10-11,13-14,17,19,21-22H,6,15H2,1H3,(H,16,18)/t10-,11+,13-,14-/m1/s1. The number of aliphatic hydroxyl groups excluding tert-OH is 4. The molecule has 8 nitrogen and oxygen atoms in total. The van der Waals surface area contributed by atoms with Crippen LogP contribution in [0.3, 0.4) is 0 Å². The summed E-state index contributed by atoms with van der Waals surface area (Å²) in [5, 5.41) is 40.2. The van der Waals surface area contributed by atoms with Gasteiger partial charge in [0.25, 0.3) is 0 Å². The van der Waals surface area contributed by atoms with Gasteiger partial charge in [0.15, 0.2) is 5.78 Å². The van der Waals surface area contributed by atoms with Gasteiger partial charge in [-0.05, 0) is 12.1 Å². The Hall–Kier alpha value is -2.00. The van der Waals surface area contributed by atoms with Crippen LogP contribution < -0.4 is 11.1 Å². The highest BCUT2D eigenvalue weighted by atomic mass is 16.4. The quantitative estimate of drug-likeness (QED) is 0.252. The highest BCUT2D eigenvalue weighted by molar-refractivity contribution is 6.05. The average molecular weight is 312 g/mol. The number of nitrogens with one attached hydrogen (secondary N) is 1. The Labute approximate surface area is 127 Å². The van der Waals surface area contributed by atoms with E-state index in [-0.39, 0.29) is 11.3 Å². The molecule has 0 unspecified atom stereocenters. The molecule has 7 N–H and O–H groups in total. The Bertz CT molecular complexity index is 536. The molecule has 0 saturated heterocycles. The topological polar surface area (TPSA) is 153 Å². The lowest BCUT2D eigenvalue weighted by Crippen LogP contribution is -2.55. The van der Waals surface area contributed by atoms with Gasteiger partial charge in [-0.2, -0.15) is 0 Å². The van der Waals surface area contributed by atoms with Crippen molar-refractivity contribution in [3.8, 4) is 0 Å². The van der Waals surface area contributed by atoms with Crippen molar-refractivity contribution >= 4 is 17.4 Å². The van der Waals surface area contributed by atoms with E-state index in [1.807, 2.05) is 0 Å². The molecule has 22 heavy (non-hydrogen) atoms. The monoisotopic (exact) mass is 312 g/mol. The van der Waals surface area contributed by atoms with Crippen LogP contribution in [0, 0.1) is 0 Å². The number of anilines is 1. The van der Waals surface area contributed by atoms with E-state index >= 15 is 0 Å². The maximum atomic E-state index is 12.4. The van der Waals surface area contributed by atoms with Crippen LogP contribution in [-0.4, -0.2) is 63.1 Å². The molecule has 1 rings (SSSR count). The summed E-state index contributed by atoms with van der Waals surface area (Å²) in [5.41, 5.74) is 5.89. The van der Waals surface area contributed by atoms with E-state index in [4.69, 9.17) is 10.8 Å². The van der Waals surface area contributed by atoms with Gasteiger partial charge in [-0.25, -0.2) is 0 Å².